The summed E-state index contributed by atoms with van der Waals surface area (Å²) in [6, 6.07) is 10.2. The summed E-state index contributed by atoms with van der Waals surface area (Å²) >= 11 is 3.12. The van der Waals surface area contributed by atoms with E-state index in [0.29, 0.717) is 11.4 Å². The third kappa shape index (κ3) is 4.76. The number of hydrogen-bond donors (Lipinski definition) is 0. The lowest BCUT2D eigenvalue weighted by atomic mass is 9.71. The number of hydrogen-bond acceptors (Lipinski definition) is 10. The third-order valence-corrected chi connectivity index (χ3v) is 14.3. The number of carbonyl (C=O) groups excluding carboxylic acids is 2. The van der Waals surface area contributed by atoms with Crippen molar-refractivity contribution in [2.45, 2.75) is 57.8 Å². The summed E-state index contributed by atoms with van der Waals surface area (Å²) in [5.74, 6) is -6.43. The summed E-state index contributed by atoms with van der Waals surface area (Å²) in [6.07, 6.45) is 3.73. The first-order chi connectivity index (χ1) is 27.8. The molecule has 286 valence electrons. The fourth-order valence-electron chi connectivity index (χ4n) is 9.04. The topological polar surface area (TPSA) is 154 Å². The summed E-state index contributed by atoms with van der Waals surface area (Å²) in [4.78, 5) is 40.9. The maximum Gasteiger partial charge on any atom is 0.212 e. The van der Waals surface area contributed by atoms with E-state index in [0.717, 1.165) is 66.0 Å². The van der Waals surface area contributed by atoms with E-state index in [2.05, 4.69) is 13.8 Å². The van der Waals surface area contributed by atoms with Crippen molar-refractivity contribution in [2.24, 2.45) is 9.98 Å². The Kier molecular flexibility index (Phi) is 7.73. The van der Waals surface area contributed by atoms with Crippen LogP contribution in [0.4, 0.5) is 17.6 Å². The third-order valence-electron chi connectivity index (χ3n) is 11.9. The van der Waals surface area contributed by atoms with Gasteiger partial charge in [-0.3, -0.25) is 9.59 Å². The molecule has 0 aliphatic heterocycles. The van der Waals surface area contributed by atoms with Crippen molar-refractivity contribution in [3.8, 4) is 34.0 Å². The fourth-order valence-corrected chi connectivity index (χ4v) is 12.3. The number of Topliss-reactive ketones (excluding diaryl/α,β-unsaturated/α-hetero) is 2. The van der Waals surface area contributed by atoms with E-state index >= 15 is 0 Å². The lowest BCUT2D eigenvalue weighted by Gasteiger charge is -2.32. The number of rotatable bonds is 2. The van der Waals surface area contributed by atoms with E-state index in [9.17, 15) is 48.2 Å². The highest BCUT2D eigenvalue weighted by Crippen LogP contribution is 2.66. The summed E-state index contributed by atoms with van der Waals surface area (Å²) in [7, 11) is 0. The Morgan fingerprint density at radius 3 is 1.17 bits per heavy atom. The van der Waals surface area contributed by atoms with Crippen LogP contribution in [0.1, 0.15) is 105 Å². The van der Waals surface area contributed by atoms with Crippen LogP contribution in [0.3, 0.4) is 0 Å². The van der Waals surface area contributed by atoms with Crippen LogP contribution in [0.15, 0.2) is 56.8 Å². The van der Waals surface area contributed by atoms with Crippen LogP contribution in [0.2, 0.25) is 0 Å². The van der Waals surface area contributed by atoms with Crippen LogP contribution in [0.5, 0.6) is 0 Å². The monoisotopic (exact) mass is 820 g/mol. The molecule has 9 rings (SSSR count). The number of carbonyl (C=O) groups is 2. The molecule has 0 radical (unpaired) electrons. The average Bonchev–Trinajstić information content (AvgIpc) is 4.00. The normalized spacial score (nSPS) is 19.3. The quantitative estimate of drug-likeness (QED) is 0.145. The number of aliphatic imine (C=N–C) groups is 2. The molecule has 0 N–H and O–H groups in total. The highest BCUT2D eigenvalue weighted by atomic mass is 32.1. The lowest BCUT2D eigenvalue weighted by molar-refractivity contribution is 0.106. The van der Waals surface area contributed by atoms with Crippen LogP contribution in [0, 0.1) is 68.6 Å². The predicted molar refractivity (Wildman–Crippen MR) is 214 cm³/mol. The Bertz CT molecular complexity index is 2970. The number of fused-ring (bicyclic) bond motifs is 9. The van der Waals surface area contributed by atoms with E-state index in [4.69, 9.17) is 9.98 Å². The van der Waals surface area contributed by atoms with E-state index in [1.807, 2.05) is 39.8 Å². The number of ketones is 2. The van der Waals surface area contributed by atoms with Crippen molar-refractivity contribution in [1.29, 1.82) is 21.0 Å². The summed E-state index contributed by atoms with van der Waals surface area (Å²) in [6.45, 7) is 12.0. The standard InChI is InChI=1S/C45H24F4N6O2S2/c1-43(2)29(54-37-31(17(13-50)14-51)19-7-23(46)25(48)9-21(19)39(37)56)11-27-33(43)35-41(58-27)42-36(45(35,5)6)34-28(59-42)12-30(44(34,3)4)55-38-32(18(15-52)16-53)20-8-24(47)26(49)10-22(20)40(38)57/h7-12H,1-6H3. The predicted octanol–water partition coefficient (Wildman–Crippen LogP) is 10.2. The number of nitrogens with zero attached hydrogens (tertiary/aromatic N) is 6. The van der Waals surface area contributed by atoms with Gasteiger partial charge in [0.15, 0.2) is 23.3 Å². The molecule has 2 heterocycles. The Morgan fingerprint density at radius 1 is 0.525 bits per heavy atom. The van der Waals surface area contributed by atoms with Crippen LogP contribution >= 0.6 is 22.7 Å². The SMILES string of the molecule is CC1(C)C(N=C2C(=O)c3cc(F)c(F)cc3C2=C(C#N)C#N)=Cc2sc3c(c21)C(C)(C)c1c-3sc2c1C(C)(C)C(N=C1C(=O)c3cc(F)c(F)cc3C1=C(C#N)C#N)=C2. The van der Waals surface area contributed by atoms with Gasteiger partial charge in [0.05, 0.1) is 11.4 Å². The molecule has 0 saturated heterocycles. The molecule has 4 aromatic rings. The number of allylic oxidation sites excluding steroid dienone is 6. The van der Waals surface area contributed by atoms with Crippen molar-refractivity contribution in [2.75, 3.05) is 0 Å². The Hall–Kier alpha value is -6.84. The van der Waals surface area contributed by atoms with Gasteiger partial charge >= 0.3 is 0 Å². The molecule has 8 nitrogen and oxygen atoms in total. The zero-order chi connectivity index (χ0) is 42.4. The van der Waals surface area contributed by atoms with Gasteiger partial charge in [-0.2, -0.15) is 21.0 Å². The molecular weight excluding hydrogens is 797 g/mol. The fraction of sp³-hybridized carbons (Fsp3) is 0.200. The van der Waals surface area contributed by atoms with Gasteiger partial charge in [-0.15, -0.1) is 22.7 Å². The number of thiophene rings is 2. The molecule has 5 aliphatic carbocycles. The van der Waals surface area contributed by atoms with Gasteiger partial charge in [0.1, 0.15) is 46.8 Å². The Labute approximate surface area is 342 Å². The second-order valence-corrected chi connectivity index (χ2v) is 18.3. The number of benzene rings is 2. The van der Waals surface area contributed by atoms with Gasteiger partial charge in [-0.05, 0) is 58.7 Å². The molecule has 0 spiro atoms. The highest BCUT2D eigenvalue weighted by Gasteiger charge is 2.53. The summed E-state index contributed by atoms with van der Waals surface area (Å²) in [5, 5.41) is 39.2. The van der Waals surface area contributed by atoms with Gasteiger partial charge in [-0.25, -0.2) is 27.5 Å². The lowest BCUT2D eigenvalue weighted by Crippen LogP contribution is -2.27. The van der Waals surface area contributed by atoms with Gasteiger partial charge < -0.3 is 0 Å². The second kappa shape index (κ2) is 12.1. The van der Waals surface area contributed by atoms with Crippen LogP contribution in [-0.2, 0) is 16.2 Å². The van der Waals surface area contributed by atoms with Gasteiger partial charge in [0.25, 0.3) is 0 Å². The maximum atomic E-state index is 14.4. The molecule has 0 unspecified atom stereocenters. The zero-order valence-corrected chi connectivity index (χ0v) is 33.4. The first-order valence-corrected chi connectivity index (χ1v) is 19.6. The molecule has 0 atom stereocenters. The highest BCUT2D eigenvalue weighted by molar-refractivity contribution is 7.23. The van der Waals surface area contributed by atoms with Gasteiger partial charge in [0, 0.05) is 69.2 Å². The van der Waals surface area contributed by atoms with Crippen LogP contribution in [-0.4, -0.2) is 23.0 Å². The molecule has 0 bridgehead atoms. The minimum Gasteiger partial charge on any atom is -0.287 e. The number of halogens is 4. The zero-order valence-electron chi connectivity index (χ0n) is 31.8. The maximum absolute atomic E-state index is 14.4. The Balaban J connectivity index is 1.15. The first-order valence-electron chi connectivity index (χ1n) is 18.0. The van der Waals surface area contributed by atoms with Gasteiger partial charge in [0.2, 0.25) is 11.6 Å². The average molecular weight is 821 g/mol. The smallest absolute Gasteiger partial charge is 0.212 e. The van der Waals surface area contributed by atoms with Crippen molar-refractivity contribution < 1.29 is 27.2 Å². The number of nitriles is 4. The van der Waals surface area contributed by atoms with E-state index in [1.54, 1.807) is 47.0 Å². The molecule has 2 aromatic heterocycles. The van der Waals surface area contributed by atoms with Crippen molar-refractivity contribution in [3.05, 3.63) is 124 Å². The van der Waals surface area contributed by atoms with Crippen LogP contribution in [0.25, 0.3) is 33.1 Å². The Morgan fingerprint density at radius 2 is 0.847 bits per heavy atom. The van der Waals surface area contributed by atoms with Crippen molar-refractivity contribution in [3.63, 3.8) is 0 Å². The summed E-state index contributed by atoms with van der Waals surface area (Å²) in [5.41, 5.74) is 0.453. The van der Waals surface area contributed by atoms with Gasteiger partial charge in [-0.1, -0.05) is 41.5 Å². The van der Waals surface area contributed by atoms with E-state index < -0.39 is 62.2 Å². The molecule has 2 aromatic carbocycles. The van der Waals surface area contributed by atoms with Crippen LogP contribution < -0.4 is 0 Å². The minimum absolute atomic E-state index is 0.0783. The second-order valence-electron chi connectivity index (χ2n) is 16.2. The van der Waals surface area contributed by atoms with E-state index in [-0.39, 0.29) is 44.8 Å². The molecule has 14 heteroatoms. The first kappa shape index (κ1) is 37.7. The molecule has 0 fully saturated rings. The van der Waals surface area contributed by atoms with Crippen molar-refractivity contribution in [1.82, 2.24) is 0 Å². The molecule has 0 saturated carbocycles. The minimum atomic E-state index is -1.25. The summed E-state index contributed by atoms with van der Waals surface area (Å²) < 4.78 is 57.5. The molecule has 5 aliphatic rings. The van der Waals surface area contributed by atoms with E-state index in [1.165, 1.54) is 0 Å². The molecule has 59 heavy (non-hydrogen) atoms. The molecule has 0 amide bonds. The largest absolute Gasteiger partial charge is 0.287 e. The molecular formula is C45H24F4N6O2S2. The van der Waals surface area contributed by atoms with Crippen molar-refractivity contribution >= 4 is 69.0 Å².